The van der Waals surface area contributed by atoms with Crippen LogP contribution in [0, 0.1) is 11.3 Å². The number of hydrogen-bond donors (Lipinski definition) is 0. The van der Waals surface area contributed by atoms with Crippen molar-refractivity contribution in [2.45, 2.75) is 46.5 Å². The Morgan fingerprint density at radius 2 is 2.19 bits per heavy atom. The quantitative estimate of drug-likeness (QED) is 0.693. The highest BCUT2D eigenvalue weighted by molar-refractivity contribution is 5.72. The Labute approximate surface area is 97.2 Å². The smallest absolute Gasteiger partial charge is 0.309 e. The normalized spacial score (nSPS) is 30.1. The Hall–Kier alpha value is -0.610. The van der Waals surface area contributed by atoms with Gasteiger partial charge in [-0.3, -0.25) is 4.79 Å². The molecule has 3 unspecified atom stereocenters. The third-order valence-electron chi connectivity index (χ3n) is 3.13. The molecule has 0 aromatic carbocycles. The summed E-state index contributed by atoms with van der Waals surface area (Å²) in [6, 6.07) is 0. The van der Waals surface area contributed by atoms with Gasteiger partial charge in [0.1, 0.15) is 0 Å². The van der Waals surface area contributed by atoms with Crippen molar-refractivity contribution < 1.29 is 19.0 Å². The highest BCUT2D eigenvalue weighted by Gasteiger charge is 2.46. The van der Waals surface area contributed by atoms with Crippen LogP contribution >= 0.6 is 0 Å². The summed E-state index contributed by atoms with van der Waals surface area (Å²) in [6.07, 6.45) is 0.0202. The maximum Gasteiger partial charge on any atom is 0.309 e. The Balaban J connectivity index is 2.66. The molecule has 0 spiro atoms. The molecule has 1 heterocycles. The molecule has 1 aliphatic rings. The van der Waals surface area contributed by atoms with E-state index in [-0.39, 0.29) is 23.4 Å². The third-order valence-corrected chi connectivity index (χ3v) is 3.13. The van der Waals surface area contributed by atoms with Gasteiger partial charge in [0, 0.05) is 12.5 Å². The fourth-order valence-corrected chi connectivity index (χ4v) is 1.65. The summed E-state index contributed by atoms with van der Waals surface area (Å²) in [7, 11) is 1.57. The molecule has 0 radical (unpaired) electrons. The van der Waals surface area contributed by atoms with Gasteiger partial charge in [-0.2, -0.15) is 0 Å². The molecular formula is C12H22O4. The van der Waals surface area contributed by atoms with Crippen LogP contribution in [-0.4, -0.2) is 32.1 Å². The molecule has 4 heteroatoms. The fraction of sp³-hybridized carbons (Fsp3) is 0.917. The predicted molar refractivity (Wildman–Crippen MR) is 59.9 cm³/mol. The maximum absolute atomic E-state index is 11.7. The summed E-state index contributed by atoms with van der Waals surface area (Å²) >= 11 is 0. The van der Waals surface area contributed by atoms with Crippen LogP contribution in [0.2, 0.25) is 0 Å². The van der Waals surface area contributed by atoms with Crippen LogP contribution in [0.5, 0.6) is 0 Å². The van der Waals surface area contributed by atoms with Gasteiger partial charge >= 0.3 is 5.97 Å². The van der Waals surface area contributed by atoms with Crippen LogP contribution < -0.4 is 0 Å². The van der Waals surface area contributed by atoms with E-state index < -0.39 is 6.29 Å². The van der Waals surface area contributed by atoms with Crippen LogP contribution in [0.3, 0.4) is 0 Å². The van der Waals surface area contributed by atoms with Gasteiger partial charge in [0.25, 0.3) is 0 Å². The number of carbonyl (C=O) groups excluding carboxylic acids is 1. The van der Waals surface area contributed by atoms with Crippen molar-refractivity contribution in [1.29, 1.82) is 0 Å². The number of hydrogen-bond acceptors (Lipinski definition) is 4. The molecule has 0 aromatic heterocycles. The lowest BCUT2D eigenvalue weighted by atomic mass is 9.89. The zero-order valence-electron chi connectivity index (χ0n) is 10.8. The van der Waals surface area contributed by atoms with Crippen LogP contribution in [-0.2, 0) is 19.0 Å². The van der Waals surface area contributed by atoms with Gasteiger partial charge < -0.3 is 14.2 Å². The number of methoxy groups -OCH3 is 1. The maximum atomic E-state index is 11.7. The van der Waals surface area contributed by atoms with E-state index in [1.165, 1.54) is 0 Å². The standard InChI is InChI=1S/C12H22O4/c1-6-8(2)10(13)16-9-11(14-5)15-7-12(9,3)4/h8-9,11H,6-7H2,1-5H3. The van der Waals surface area contributed by atoms with Gasteiger partial charge in [-0.05, 0) is 6.42 Å². The first-order chi connectivity index (χ1) is 7.42. The van der Waals surface area contributed by atoms with Crippen LogP contribution in [0.4, 0.5) is 0 Å². The molecular weight excluding hydrogens is 208 g/mol. The van der Waals surface area contributed by atoms with Gasteiger partial charge in [-0.25, -0.2) is 0 Å². The monoisotopic (exact) mass is 230 g/mol. The van der Waals surface area contributed by atoms with Gasteiger partial charge in [0.15, 0.2) is 12.4 Å². The number of carbonyl (C=O) groups is 1. The van der Waals surface area contributed by atoms with E-state index in [1.807, 2.05) is 27.7 Å². The van der Waals surface area contributed by atoms with Crippen LogP contribution in [0.15, 0.2) is 0 Å². The lowest BCUT2D eigenvalue weighted by Gasteiger charge is -2.28. The van der Waals surface area contributed by atoms with Crippen molar-refractivity contribution in [3.8, 4) is 0 Å². The zero-order valence-corrected chi connectivity index (χ0v) is 10.8. The molecule has 1 rings (SSSR count). The fourth-order valence-electron chi connectivity index (χ4n) is 1.65. The van der Waals surface area contributed by atoms with E-state index in [1.54, 1.807) is 7.11 Å². The molecule has 0 saturated carbocycles. The van der Waals surface area contributed by atoms with E-state index in [9.17, 15) is 4.79 Å². The summed E-state index contributed by atoms with van der Waals surface area (Å²) in [6.45, 7) is 8.41. The molecule has 94 valence electrons. The zero-order chi connectivity index (χ0) is 12.3. The highest BCUT2D eigenvalue weighted by atomic mass is 16.7. The Bertz CT molecular complexity index is 249. The lowest BCUT2D eigenvalue weighted by molar-refractivity contribution is -0.180. The van der Waals surface area contributed by atoms with Gasteiger partial charge in [-0.15, -0.1) is 0 Å². The molecule has 1 fully saturated rings. The number of esters is 1. The molecule has 0 bridgehead atoms. The van der Waals surface area contributed by atoms with E-state index in [0.29, 0.717) is 6.61 Å². The molecule has 3 atom stereocenters. The second kappa shape index (κ2) is 5.15. The predicted octanol–water partition coefficient (Wildman–Crippen LogP) is 1.97. The molecule has 1 aliphatic heterocycles. The molecule has 0 aromatic rings. The lowest BCUT2D eigenvalue weighted by Crippen LogP contribution is -2.39. The first-order valence-corrected chi connectivity index (χ1v) is 5.77. The summed E-state index contributed by atoms with van der Waals surface area (Å²) in [5.74, 6) is -0.248. The van der Waals surface area contributed by atoms with E-state index in [0.717, 1.165) is 6.42 Å². The second-order valence-corrected chi connectivity index (χ2v) is 5.07. The molecule has 1 saturated heterocycles. The van der Waals surface area contributed by atoms with E-state index in [4.69, 9.17) is 14.2 Å². The van der Waals surface area contributed by atoms with Crippen molar-refractivity contribution >= 4 is 5.97 Å². The largest absolute Gasteiger partial charge is 0.456 e. The minimum Gasteiger partial charge on any atom is -0.456 e. The average Bonchev–Trinajstić information content (AvgIpc) is 2.53. The first-order valence-electron chi connectivity index (χ1n) is 5.77. The SMILES string of the molecule is CCC(C)C(=O)OC1C(OC)OCC1(C)C. The van der Waals surface area contributed by atoms with Crippen LogP contribution in [0.25, 0.3) is 0 Å². The van der Waals surface area contributed by atoms with Crippen LogP contribution in [0.1, 0.15) is 34.1 Å². The average molecular weight is 230 g/mol. The molecule has 0 amide bonds. The highest BCUT2D eigenvalue weighted by Crippen LogP contribution is 2.35. The Morgan fingerprint density at radius 1 is 1.56 bits per heavy atom. The molecule has 16 heavy (non-hydrogen) atoms. The number of rotatable bonds is 4. The van der Waals surface area contributed by atoms with Crippen molar-refractivity contribution in [2.24, 2.45) is 11.3 Å². The third kappa shape index (κ3) is 2.74. The first kappa shape index (κ1) is 13.5. The Kier molecular flexibility index (Phi) is 4.33. The number of ether oxygens (including phenoxy) is 3. The van der Waals surface area contributed by atoms with Crippen molar-refractivity contribution in [2.75, 3.05) is 13.7 Å². The second-order valence-electron chi connectivity index (χ2n) is 5.07. The van der Waals surface area contributed by atoms with E-state index in [2.05, 4.69) is 0 Å². The molecule has 4 nitrogen and oxygen atoms in total. The molecule has 0 aliphatic carbocycles. The Morgan fingerprint density at radius 3 is 2.69 bits per heavy atom. The van der Waals surface area contributed by atoms with Crippen molar-refractivity contribution in [3.63, 3.8) is 0 Å². The van der Waals surface area contributed by atoms with Gasteiger partial charge in [0.05, 0.1) is 12.5 Å². The topological polar surface area (TPSA) is 44.8 Å². The summed E-state index contributed by atoms with van der Waals surface area (Å²) in [4.78, 5) is 11.7. The van der Waals surface area contributed by atoms with Crippen molar-refractivity contribution in [1.82, 2.24) is 0 Å². The minimum atomic E-state index is -0.442. The van der Waals surface area contributed by atoms with Gasteiger partial charge in [0.2, 0.25) is 0 Å². The molecule has 0 N–H and O–H groups in total. The summed E-state index contributed by atoms with van der Waals surface area (Å²) < 4.78 is 16.1. The summed E-state index contributed by atoms with van der Waals surface area (Å²) in [5.41, 5.74) is -0.191. The van der Waals surface area contributed by atoms with Gasteiger partial charge in [-0.1, -0.05) is 27.7 Å². The summed E-state index contributed by atoms with van der Waals surface area (Å²) in [5, 5.41) is 0. The van der Waals surface area contributed by atoms with Crippen molar-refractivity contribution in [3.05, 3.63) is 0 Å². The van der Waals surface area contributed by atoms with E-state index >= 15 is 0 Å². The minimum absolute atomic E-state index is 0.0751.